The molecule has 0 spiro atoms. The van der Waals surface area contributed by atoms with E-state index in [0.29, 0.717) is 24.2 Å². The van der Waals surface area contributed by atoms with Crippen LogP contribution in [0.4, 0.5) is 15.8 Å². The fraction of sp³-hybridized carbons (Fsp3) is 0.235. The number of halogens is 1. The molecule has 0 radical (unpaired) electrons. The molecule has 0 aliphatic carbocycles. The van der Waals surface area contributed by atoms with Gasteiger partial charge in [0.15, 0.2) is 0 Å². The van der Waals surface area contributed by atoms with Crippen LogP contribution in [0.2, 0.25) is 0 Å². The summed E-state index contributed by atoms with van der Waals surface area (Å²) in [4.78, 5) is 13.4. The minimum absolute atomic E-state index is 0.0119. The van der Waals surface area contributed by atoms with Crippen LogP contribution >= 0.6 is 0 Å². The van der Waals surface area contributed by atoms with Crippen molar-refractivity contribution in [2.75, 3.05) is 16.2 Å². The maximum Gasteiger partial charge on any atom is 0.261 e. The molecule has 1 N–H and O–H groups in total. The lowest BCUT2D eigenvalue weighted by Crippen LogP contribution is -2.23. The zero-order valence-electron chi connectivity index (χ0n) is 13.1. The third-order valence-electron chi connectivity index (χ3n) is 3.90. The number of nitrogens with one attached hydrogen (secondary N) is 1. The number of anilines is 2. The van der Waals surface area contributed by atoms with Crippen LogP contribution < -0.4 is 9.62 Å². The Morgan fingerprint density at radius 2 is 1.83 bits per heavy atom. The summed E-state index contributed by atoms with van der Waals surface area (Å²) in [7, 11) is -3.90. The number of hydrogen-bond acceptors (Lipinski definition) is 3. The van der Waals surface area contributed by atoms with E-state index in [9.17, 15) is 17.6 Å². The molecule has 1 amide bonds. The topological polar surface area (TPSA) is 66.5 Å². The van der Waals surface area contributed by atoms with Gasteiger partial charge in [0.25, 0.3) is 10.0 Å². The summed E-state index contributed by atoms with van der Waals surface area (Å²) in [6.45, 7) is 2.36. The maximum absolute atomic E-state index is 13.8. The fourth-order valence-corrected chi connectivity index (χ4v) is 3.70. The Hall–Kier alpha value is -2.41. The van der Waals surface area contributed by atoms with E-state index in [0.717, 1.165) is 6.42 Å². The van der Waals surface area contributed by atoms with Crippen molar-refractivity contribution < 1.29 is 17.6 Å². The molecule has 1 saturated heterocycles. The maximum atomic E-state index is 13.8. The lowest BCUT2D eigenvalue weighted by molar-refractivity contribution is -0.117. The molecule has 24 heavy (non-hydrogen) atoms. The molecule has 3 rings (SSSR count). The van der Waals surface area contributed by atoms with Crippen molar-refractivity contribution in [3.05, 3.63) is 53.8 Å². The van der Waals surface area contributed by atoms with Gasteiger partial charge in [-0.1, -0.05) is 6.07 Å². The second-order valence-electron chi connectivity index (χ2n) is 5.73. The summed E-state index contributed by atoms with van der Waals surface area (Å²) in [6.07, 6.45) is 1.31. The molecule has 7 heteroatoms. The van der Waals surface area contributed by atoms with E-state index >= 15 is 0 Å². The molecule has 1 aliphatic heterocycles. The van der Waals surface area contributed by atoms with Gasteiger partial charge in [0, 0.05) is 18.7 Å². The van der Waals surface area contributed by atoms with E-state index in [1.54, 1.807) is 30.0 Å². The number of rotatable bonds is 4. The van der Waals surface area contributed by atoms with E-state index < -0.39 is 15.8 Å². The van der Waals surface area contributed by atoms with Gasteiger partial charge < -0.3 is 4.90 Å². The lowest BCUT2D eigenvalue weighted by atomic mass is 10.2. The Balaban J connectivity index is 1.83. The van der Waals surface area contributed by atoms with E-state index in [1.165, 1.54) is 24.3 Å². The number of carbonyl (C=O) groups excluding carboxylic acids is 1. The minimum atomic E-state index is -3.90. The first-order valence-electron chi connectivity index (χ1n) is 7.56. The third-order valence-corrected chi connectivity index (χ3v) is 5.28. The molecule has 1 heterocycles. The van der Waals surface area contributed by atoms with Crippen LogP contribution in [0.1, 0.15) is 18.4 Å². The molecule has 2 aromatic carbocycles. The highest BCUT2D eigenvalue weighted by molar-refractivity contribution is 7.92. The predicted molar refractivity (Wildman–Crippen MR) is 90.0 cm³/mol. The zero-order chi connectivity index (χ0) is 17.3. The SMILES string of the molecule is Cc1ccc(NS(=O)(=O)c2ccc(N3CCCC3=O)cc2)c(F)c1. The Labute approximate surface area is 140 Å². The quantitative estimate of drug-likeness (QED) is 0.923. The summed E-state index contributed by atoms with van der Waals surface area (Å²) in [5.41, 5.74) is 1.27. The first-order valence-corrected chi connectivity index (χ1v) is 9.04. The van der Waals surface area contributed by atoms with Crippen LogP contribution in [0.15, 0.2) is 47.4 Å². The van der Waals surface area contributed by atoms with Crippen LogP contribution in [0, 0.1) is 12.7 Å². The zero-order valence-corrected chi connectivity index (χ0v) is 13.9. The highest BCUT2D eigenvalue weighted by Crippen LogP contribution is 2.25. The number of sulfonamides is 1. The molecule has 0 aromatic heterocycles. The number of carbonyl (C=O) groups is 1. The Morgan fingerprint density at radius 1 is 1.12 bits per heavy atom. The first-order chi connectivity index (χ1) is 11.4. The second kappa shape index (κ2) is 6.24. The summed E-state index contributed by atoms with van der Waals surface area (Å²) in [5.74, 6) is -0.594. The van der Waals surface area contributed by atoms with Gasteiger partial charge in [-0.3, -0.25) is 9.52 Å². The van der Waals surface area contributed by atoms with E-state index in [2.05, 4.69) is 4.72 Å². The van der Waals surface area contributed by atoms with Crippen molar-refractivity contribution in [2.24, 2.45) is 0 Å². The summed E-state index contributed by atoms with van der Waals surface area (Å²) in [5, 5.41) is 0. The normalized spacial score (nSPS) is 14.9. The average molecular weight is 348 g/mol. The fourth-order valence-electron chi connectivity index (χ4n) is 2.63. The Bertz CT molecular complexity index is 879. The van der Waals surface area contributed by atoms with Crippen molar-refractivity contribution in [1.82, 2.24) is 0 Å². The minimum Gasteiger partial charge on any atom is -0.312 e. The predicted octanol–water partition coefficient (Wildman–Crippen LogP) is 3.06. The molecule has 1 aliphatic rings. The lowest BCUT2D eigenvalue weighted by Gasteiger charge is -2.16. The van der Waals surface area contributed by atoms with E-state index in [1.807, 2.05) is 0 Å². The van der Waals surface area contributed by atoms with Gasteiger partial charge in [0.1, 0.15) is 5.82 Å². The van der Waals surface area contributed by atoms with Gasteiger partial charge >= 0.3 is 0 Å². The van der Waals surface area contributed by atoms with Gasteiger partial charge in [-0.25, -0.2) is 12.8 Å². The molecule has 5 nitrogen and oxygen atoms in total. The summed E-state index contributed by atoms with van der Waals surface area (Å²) >= 11 is 0. The van der Waals surface area contributed by atoms with Crippen molar-refractivity contribution in [1.29, 1.82) is 0 Å². The Morgan fingerprint density at radius 3 is 2.42 bits per heavy atom. The Kier molecular flexibility index (Phi) is 4.28. The summed E-state index contributed by atoms with van der Waals surface area (Å²) in [6, 6.07) is 10.3. The molecule has 1 fully saturated rings. The van der Waals surface area contributed by atoms with Crippen LogP contribution in [0.25, 0.3) is 0 Å². The summed E-state index contributed by atoms with van der Waals surface area (Å²) < 4.78 is 40.8. The highest BCUT2D eigenvalue weighted by Gasteiger charge is 2.22. The number of nitrogens with zero attached hydrogens (tertiary/aromatic N) is 1. The van der Waals surface area contributed by atoms with Gasteiger partial charge in [-0.05, 0) is 55.3 Å². The molecule has 2 aromatic rings. The highest BCUT2D eigenvalue weighted by atomic mass is 32.2. The molecule has 0 saturated carbocycles. The van der Waals surface area contributed by atoms with Gasteiger partial charge in [-0.2, -0.15) is 0 Å². The second-order valence-corrected chi connectivity index (χ2v) is 7.41. The van der Waals surface area contributed by atoms with Crippen molar-refractivity contribution in [3.63, 3.8) is 0 Å². The van der Waals surface area contributed by atoms with Crippen LogP contribution in [-0.2, 0) is 14.8 Å². The number of aryl methyl sites for hydroxylation is 1. The van der Waals surface area contributed by atoms with Gasteiger partial charge in [0.2, 0.25) is 5.91 Å². The molecule has 0 atom stereocenters. The van der Waals surface area contributed by atoms with E-state index in [4.69, 9.17) is 0 Å². The van der Waals surface area contributed by atoms with Gasteiger partial charge in [0.05, 0.1) is 10.6 Å². The first kappa shape index (κ1) is 16.4. The molecule has 0 unspecified atom stereocenters. The van der Waals surface area contributed by atoms with Crippen molar-refractivity contribution in [3.8, 4) is 0 Å². The number of amides is 1. The van der Waals surface area contributed by atoms with Crippen LogP contribution in [0.3, 0.4) is 0 Å². The van der Waals surface area contributed by atoms with E-state index in [-0.39, 0.29) is 16.5 Å². The molecule has 126 valence electrons. The molecular weight excluding hydrogens is 331 g/mol. The van der Waals surface area contributed by atoms with Crippen molar-refractivity contribution in [2.45, 2.75) is 24.7 Å². The standard InChI is InChI=1S/C17H17FN2O3S/c1-12-4-9-16(15(18)11-12)19-24(22,23)14-7-5-13(6-8-14)20-10-2-3-17(20)21/h4-9,11,19H,2-3,10H2,1H3. The number of hydrogen-bond donors (Lipinski definition) is 1. The molecule has 0 bridgehead atoms. The number of benzene rings is 2. The third kappa shape index (κ3) is 3.26. The largest absolute Gasteiger partial charge is 0.312 e. The smallest absolute Gasteiger partial charge is 0.261 e. The van der Waals surface area contributed by atoms with Crippen LogP contribution in [0.5, 0.6) is 0 Å². The molecular formula is C17H17FN2O3S. The van der Waals surface area contributed by atoms with Crippen LogP contribution in [-0.4, -0.2) is 20.9 Å². The van der Waals surface area contributed by atoms with Crippen molar-refractivity contribution >= 4 is 27.3 Å². The van der Waals surface area contributed by atoms with Gasteiger partial charge in [-0.15, -0.1) is 0 Å². The average Bonchev–Trinajstić information content (AvgIpc) is 2.96. The monoisotopic (exact) mass is 348 g/mol.